The first-order valence-corrected chi connectivity index (χ1v) is 5.44. The van der Waals surface area contributed by atoms with Gasteiger partial charge in [-0.2, -0.15) is 0 Å². The summed E-state index contributed by atoms with van der Waals surface area (Å²) in [5.74, 6) is 0. The molecule has 0 N–H and O–H groups in total. The summed E-state index contributed by atoms with van der Waals surface area (Å²) in [4.78, 5) is 10.2. The predicted octanol–water partition coefficient (Wildman–Crippen LogP) is 2.08. The molecule has 0 spiro atoms. The SMILES string of the molecule is O=Cc1cc(Br)c(Br)[se]1. The molecule has 0 saturated carbocycles. The predicted molar refractivity (Wildman–Crippen MR) is 44.2 cm³/mol. The van der Waals surface area contributed by atoms with Crippen LogP contribution in [0.25, 0.3) is 0 Å². The van der Waals surface area contributed by atoms with E-state index in [-0.39, 0.29) is 14.5 Å². The van der Waals surface area contributed by atoms with Gasteiger partial charge in [-0.25, -0.2) is 0 Å². The first-order valence-electron chi connectivity index (χ1n) is 2.14. The van der Waals surface area contributed by atoms with Gasteiger partial charge in [0.2, 0.25) is 0 Å². The Labute approximate surface area is 75.5 Å². The minimum atomic E-state index is 0.209. The fourth-order valence-electron chi connectivity index (χ4n) is 0.421. The summed E-state index contributed by atoms with van der Waals surface area (Å²) in [6.45, 7) is 0. The Kier molecular flexibility index (Phi) is 2.71. The zero-order chi connectivity index (χ0) is 6.85. The number of carbonyl (C=O) groups is 1. The summed E-state index contributed by atoms with van der Waals surface area (Å²) in [5, 5.41) is 0. The second kappa shape index (κ2) is 3.15. The van der Waals surface area contributed by atoms with E-state index >= 15 is 0 Å². The molecule has 0 fully saturated rings. The van der Waals surface area contributed by atoms with Crippen LogP contribution < -0.4 is 0 Å². The molecule has 0 atom stereocenters. The monoisotopic (exact) mass is 316 g/mol. The van der Waals surface area contributed by atoms with Crippen molar-refractivity contribution in [1.29, 1.82) is 0 Å². The summed E-state index contributed by atoms with van der Waals surface area (Å²) >= 11 is 6.84. The van der Waals surface area contributed by atoms with Crippen LogP contribution in [0.3, 0.4) is 0 Å². The second-order valence-electron chi connectivity index (χ2n) is 1.39. The topological polar surface area (TPSA) is 17.1 Å². The molecule has 1 nitrogen and oxygen atoms in total. The van der Waals surface area contributed by atoms with E-state index in [1.165, 1.54) is 0 Å². The molecule has 0 aliphatic heterocycles. The van der Waals surface area contributed by atoms with E-state index in [1.54, 1.807) is 0 Å². The summed E-state index contributed by atoms with van der Waals surface area (Å²) in [7, 11) is 0. The van der Waals surface area contributed by atoms with Gasteiger partial charge in [0.15, 0.2) is 0 Å². The van der Waals surface area contributed by atoms with Crippen molar-refractivity contribution in [3.05, 3.63) is 18.3 Å². The molecule has 1 rings (SSSR count). The second-order valence-corrected chi connectivity index (χ2v) is 6.49. The van der Waals surface area contributed by atoms with E-state index in [4.69, 9.17) is 0 Å². The third kappa shape index (κ3) is 1.77. The van der Waals surface area contributed by atoms with Crippen molar-refractivity contribution < 1.29 is 4.79 Å². The van der Waals surface area contributed by atoms with Crippen molar-refractivity contribution in [3.8, 4) is 0 Å². The molecule has 0 amide bonds. The van der Waals surface area contributed by atoms with Crippen molar-refractivity contribution >= 4 is 52.6 Å². The summed E-state index contributed by atoms with van der Waals surface area (Å²) in [5.41, 5.74) is 0. The zero-order valence-corrected chi connectivity index (χ0v) is 9.11. The molecule has 9 heavy (non-hydrogen) atoms. The van der Waals surface area contributed by atoms with E-state index in [0.29, 0.717) is 0 Å². The molecule has 1 aromatic rings. The Hall–Kier alpha value is 0.629. The van der Waals surface area contributed by atoms with Crippen molar-refractivity contribution in [3.63, 3.8) is 0 Å². The first kappa shape index (κ1) is 7.73. The van der Waals surface area contributed by atoms with Gasteiger partial charge in [0.1, 0.15) is 0 Å². The van der Waals surface area contributed by atoms with Crippen molar-refractivity contribution in [2.75, 3.05) is 0 Å². The van der Waals surface area contributed by atoms with Crippen molar-refractivity contribution in [1.82, 2.24) is 0 Å². The van der Waals surface area contributed by atoms with E-state index in [1.807, 2.05) is 6.07 Å². The van der Waals surface area contributed by atoms with Crippen molar-refractivity contribution in [2.24, 2.45) is 0 Å². The third-order valence-electron chi connectivity index (χ3n) is 0.780. The standard InChI is InChI=1S/C5H2Br2OSe/c6-4-1-3(2-8)9-5(4)7/h1-2H. The Morgan fingerprint density at radius 3 is 2.44 bits per heavy atom. The number of aldehydes is 1. The van der Waals surface area contributed by atoms with Crippen molar-refractivity contribution in [2.45, 2.75) is 0 Å². The molecule has 0 unspecified atom stereocenters. The average molecular weight is 317 g/mol. The van der Waals surface area contributed by atoms with E-state index in [0.717, 1.165) is 18.5 Å². The fraction of sp³-hybridized carbons (Fsp3) is 0. The molecule has 0 bridgehead atoms. The molecule has 1 heterocycles. The third-order valence-corrected chi connectivity index (χ3v) is 5.58. The summed E-state index contributed by atoms with van der Waals surface area (Å²) in [6.07, 6.45) is 0.898. The molecule has 48 valence electrons. The molecular weight excluding hydrogens is 315 g/mol. The van der Waals surface area contributed by atoms with Gasteiger partial charge in [-0.05, 0) is 0 Å². The summed E-state index contributed by atoms with van der Waals surface area (Å²) in [6, 6.07) is 1.84. The number of hydrogen-bond acceptors (Lipinski definition) is 1. The van der Waals surface area contributed by atoms with Crippen LogP contribution in [0.5, 0.6) is 0 Å². The van der Waals surface area contributed by atoms with Gasteiger partial charge in [-0.3, -0.25) is 0 Å². The fourth-order valence-corrected chi connectivity index (χ4v) is 3.75. The minimum absolute atomic E-state index is 0.209. The van der Waals surface area contributed by atoms with Crippen LogP contribution in [-0.2, 0) is 0 Å². The van der Waals surface area contributed by atoms with E-state index in [9.17, 15) is 4.79 Å². The van der Waals surface area contributed by atoms with Gasteiger partial charge in [0, 0.05) is 0 Å². The maximum absolute atomic E-state index is 10.2. The molecule has 0 aliphatic rings. The van der Waals surface area contributed by atoms with Crippen LogP contribution in [0.15, 0.2) is 13.9 Å². The van der Waals surface area contributed by atoms with Gasteiger partial charge in [-0.15, -0.1) is 0 Å². The van der Waals surface area contributed by atoms with Gasteiger partial charge < -0.3 is 0 Å². The number of rotatable bonds is 1. The quantitative estimate of drug-likeness (QED) is 0.573. The van der Waals surface area contributed by atoms with Gasteiger partial charge in [0.25, 0.3) is 0 Å². The van der Waals surface area contributed by atoms with Gasteiger partial charge >= 0.3 is 75.8 Å². The number of carbonyl (C=O) groups excluding carboxylic acids is 1. The Bertz CT molecular complexity index is 211. The molecule has 0 aromatic carbocycles. The Morgan fingerprint density at radius 1 is 1.56 bits per heavy atom. The van der Waals surface area contributed by atoms with Crippen LogP contribution in [-0.4, -0.2) is 20.8 Å². The number of halogens is 2. The zero-order valence-electron chi connectivity index (χ0n) is 4.23. The van der Waals surface area contributed by atoms with Crippen LogP contribution >= 0.6 is 31.9 Å². The van der Waals surface area contributed by atoms with E-state index < -0.39 is 0 Å². The first-order chi connectivity index (χ1) is 4.24. The molecule has 1 aromatic heterocycles. The number of hydrogen-bond donors (Lipinski definition) is 0. The average Bonchev–Trinajstić information content (AvgIpc) is 2.13. The molecule has 0 aliphatic carbocycles. The Morgan fingerprint density at radius 2 is 2.22 bits per heavy atom. The molecular formula is C5H2Br2OSe. The summed E-state index contributed by atoms with van der Waals surface area (Å²) < 4.78 is 2.99. The van der Waals surface area contributed by atoms with Crippen LogP contribution in [0.4, 0.5) is 0 Å². The van der Waals surface area contributed by atoms with Gasteiger partial charge in [-0.1, -0.05) is 0 Å². The molecule has 4 heteroatoms. The normalized spacial score (nSPS) is 9.56. The van der Waals surface area contributed by atoms with Gasteiger partial charge in [0.05, 0.1) is 0 Å². The Balaban J connectivity index is 3.11. The molecule has 0 saturated heterocycles. The maximum atomic E-state index is 10.2. The van der Waals surface area contributed by atoms with Crippen LogP contribution in [0.1, 0.15) is 9.23 Å². The van der Waals surface area contributed by atoms with E-state index in [2.05, 4.69) is 31.9 Å². The van der Waals surface area contributed by atoms with Crippen LogP contribution in [0, 0.1) is 0 Å². The van der Waals surface area contributed by atoms with Crippen LogP contribution in [0.2, 0.25) is 0 Å². The molecule has 0 radical (unpaired) electrons.